The summed E-state index contributed by atoms with van der Waals surface area (Å²) in [6, 6.07) is 6.79. The number of carbonyl (C=O) groups is 2. The van der Waals surface area contributed by atoms with Gasteiger partial charge in [-0.3, -0.25) is 9.59 Å². The van der Waals surface area contributed by atoms with Gasteiger partial charge in [0.2, 0.25) is 5.12 Å². The molecule has 1 N–H and O–H groups in total. The lowest BCUT2D eigenvalue weighted by atomic mass is 10.1. The van der Waals surface area contributed by atoms with Gasteiger partial charge < -0.3 is 10.1 Å². The molecule has 4 nitrogen and oxygen atoms in total. The van der Waals surface area contributed by atoms with Crippen molar-refractivity contribution < 1.29 is 14.3 Å². The third-order valence-electron chi connectivity index (χ3n) is 2.68. The maximum Gasteiger partial charge on any atom is 0.262 e. The molecule has 1 aliphatic heterocycles. The molecule has 1 aromatic rings. The van der Waals surface area contributed by atoms with Gasteiger partial charge in [-0.25, -0.2) is 0 Å². The lowest BCUT2D eigenvalue weighted by molar-refractivity contribution is -0.119. The van der Waals surface area contributed by atoms with Crippen LogP contribution >= 0.6 is 23.4 Å². The number of hydrogen-bond donors (Lipinski definition) is 1. The molecule has 0 radical (unpaired) electrons. The van der Waals surface area contributed by atoms with Crippen LogP contribution in [-0.4, -0.2) is 22.4 Å². The van der Waals surface area contributed by atoms with Crippen molar-refractivity contribution >= 4 is 40.1 Å². The molecule has 1 heterocycles. The molecular formula is C14H14ClNO3S. The first-order valence-electron chi connectivity index (χ1n) is 6.00. The molecule has 0 bridgehead atoms. The number of rotatable bonds is 4. The topological polar surface area (TPSA) is 55.4 Å². The highest BCUT2D eigenvalue weighted by Gasteiger charge is 2.35. The number of amides is 1. The molecule has 0 aliphatic carbocycles. The van der Waals surface area contributed by atoms with Crippen molar-refractivity contribution in [1.82, 2.24) is 0 Å². The van der Waals surface area contributed by atoms with Crippen molar-refractivity contribution in [2.45, 2.75) is 18.6 Å². The zero-order chi connectivity index (χ0) is 14.8. The minimum absolute atomic E-state index is 0.0527. The predicted molar refractivity (Wildman–Crippen MR) is 80.8 cm³/mol. The van der Waals surface area contributed by atoms with Crippen LogP contribution in [0.25, 0.3) is 0 Å². The summed E-state index contributed by atoms with van der Waals surface area (Å²) in [5.41, 5.74) is 0.646. The Labute approximate surface area is 126 Å². The van der Waals surface area contributed by atoms with Crippen LogP contribution in [-0.2, 0) is 14.3 Å². The summed E-state index contributed by atoms with van der Waals surface area (Å²) in [4.78, 5) is 23.1. The molecule has 0 saturated carbocycles. The van der Waals surface area contributed by atoms with E-state index < -0.39 is 4.75 Å². The van der Waals surface area contributed by atoms with Crippen LogP contribution < -0.4 is 5.32 Å². The van der Waals surface area contributed by atoms with Crippen LogP contribution in [0.5, 0.6) is 0 Å². The zero-order valence-electron chi connectivity index (χ0n) is 11.1. The summed E-state index contributed by atoms with van der Waals surface area (Å²) >= 11 is 6.95. The van der Waals surface area contributed by atoms with Gasteiger partial charge in [-0.1, -0.05) is 23.4 Å². The highest BCUT2D eigenvalue weighted by atomic mass is 35.5. The number of thioether (sulfide) groups is 1. The summed E-state index contributed by atoms with van der Waals surface area (Å²) in [6.07, 6.45) is 1.43. The van der Waals surface area contributed by atoms with Gasteiger partial charge in [0.1, 0.15) is 5.76 Å². The Morgan fingerprint density at radius 3 is 2.55 bits per heavy atom. The fourth-order valence-electron chi connectivity index (χ4n) is 1.70. The molecule has 0 spiro atoms. The van der Waals surface area contributed by atoms with E-state index in [1.165, 1.54) is 17.8 Å². The first kappa shape index (κ1) is 14.9. The second-order valence-corrected chi connectivity index (χ2v) is 6.85. The molecule has 6 heteroatoms. The second-order valence-electron chi connectivity index (χ2n) is 4.78. The molecule has 1 amide bonds. The van der Waals surface area contributed by atoms with E-state index in [1.807, 2.05) is 13.8 Å². The number of anilines is 1. The van der Waals surface area contributed by atoms with E-state index in [0.717, 1.165) is 0 Å². The van der Waals surface area contributed by atoms with Gasteiger partial charge in [0.25, 0.3) is 5.91 Å². The van der Waals surface area contributed by atoms with Crippen molar-refractivity contribution in [1.29, 1.82) is 0 Å². The lowest BCUT2D eigenvalue weighted by Gasteiger charge is -2.20. The molecule has 0 atom stereocenters. The SMILES string of the molecule is CC1(C)SC(=O)C=C1OCC(=O)Nc1ccc(Cl)cc1. The van der Waals surface area contributed by atoms with E-state index in [4.69, 9.17) is 16.3 Å². The first-order valence-corrected chi connectivity index (χ1v) is 7.20. The van der Waals surface area contributed by atoms with E-state index in [9.17, 15) is 9.59 Å². The summed E-state index contributed by atoms with van der Waals surface area (Å²) in [7, 11) is 0. The highest BCUT2D eigenvalue weighted by Crippen LogP contribution is 2.39. The summed E-state index contributed by atoms with van der Waals surface area (Å²) < 4.78 is 5.01. The van der Waals surface area contributed by atoms with Gasteiger partial charge in [0.15, 0.2) is 6.61 Å². The highest BCUT2D eigenvalue weighted by molar-refractivity contribution is 8.15. The monoisotopic (exact) mass is 311 g/mol. The van der Waals surface area contributed by atoms with Gasteiger partial charge in [-0.05, 0) is 38.1 Å². The first-order chi connectivity index (χ1) is 9.37. The number of nitrogens with one attached hydrogen (secondary N) is 1. The number of carbonyl (C=O) groups excluding carboxylic acids is 2. The van der Waals surface area contributed by atoms with E-state index in [0.29, 0.717) is 16.5 Å². The normalized spacial score (nSPS) is 16.8. The van der Waals surface area contributed by atoms with Crippen LogP contribution in [0.3, 0.4) is 0 Å². The molecule has 1 aliphatic rings. The zero-order valence-corrected chi connectivity index (χ0v) is 12.7. The van der Waals surface area contributed by atoms with Gasteiger partial charge >= 0.3 is 0 Å². The predicted octanol–water partition coefficient (Wildman–Crippen LogP) is 3.23. The number of ether oxygens (including phenoxy) is 1. The molecular weight excluding hydrogens is 298 g/mol. The van der Waals surface area contributed by atoms with E-state index in [2.05, 4.69) is 5.32 Å². The molecule has 0 unspecified atom stereocenters. The van der Waals surface area contributed by atoms with Crippen LogP contribution in [0, 0.1) is 0 Å². The average Bonchev–Trinajstić information content (AvgIpc) is 2.62. The number of halogens is 1. The Morgan fingerprint density at radius 2 is 2.00 bits per heavy atom. The standard InChI is InChI=1S/C14H14ClNO3S/c1-14(2)11(7-13(18)20-14)19-8-12(17)16-10-5-3-9(15)4-6-10/h3-7H,8H2,1-2H3,(H,16,17). The Hall–Kier alpha value is -1.46. The quantitative estimate of drug-likeness (QED) is 0.927. The molecule has 0 saturated heterocycles. The molecule has 1 aromatic carbocycles. The molecule has 106 valence electrons. The van der Waals surface area contributed by atoms with Crippen LogP contribution in [0.4, 0.5) is 5.69 Å². The van der Waals surface area contributed by atoms with Crippen LogP contribution in [0.1, 0.15) is 13.8 Å². The minimum Gasteiger partial charge on any atom is -0.486 e. The van der Waals surface area contributed by atoms with E-state index >= 15 is 0 Å². The Balaban J connectivity index is 1.88. The minimum atomic E-state index is -0.419. The third kappa shape index (κ3) is 3.77. The van der Waals surface area contributed by atoms with E-state index in [-0.39, 0.29) is 17.6 Å². The number of hydrogen-bond acceptors (Lipinski definition) is 4. The fourth-order valence-corrected chi connectivity index (χ4v) is 2.71. The van der Waals surface area contributed by atoms with E-state index in [1.54, 1.807) is 24.3 Å². The smallest absolute Gasteiger partial charge is 0.262 e. The van der Waals surface area contributed by atoms with Crippen molar-refractivity contribution in [3.63, 3.8) is 0 Å². The van der Waals surface area contributed by atoms with Crippen LogP contribution in [0.15, 0.2) is 36.1 Å². The van der Waals surface area contributed by atoms with Gasteiger partial charge in [-0.15, -0.1) is 0 Å². The maximum absolute atomic E-state index is 11.8. The van der Waals surface area contributed by atoms with Gasteiger partial charge in [-0.2, -0.15) is 0 Å². The summed E-state index contributed by atoms with van der Waals surface area (Å²) in [5, 5.41) is 3.24. The van der Waals surface area contributed by atoms with Crippen molar-refractivity contribution in [2.75, 3.05) is 11.9 Å². The lowest BCUT2D eigenvalue weighted by Crippen LogP contribution is -2.23. The Bertz CT molecular complexity index is 566. The number of benzene rings is 1. The van der Waals surface area contributed by atoms with Gasteiger partial charge in [0.05, 0.1) is 4.75 Å². The molecule has 2 rings (SSSR count). The van der Waals surface area contributed by atoms with Gasteiger partial charge in [0, 0.05) is 16.8 Å². The third-order valence-corrected chi connectivity index (χ3v) is 3.97. The Morgan fingerprint density at radius 1 is 1.35 bits per heavy atom. The second kappa shape index (κ2) is 5.89. The summed E-state index contributed by atoms with van der Waals surface area (Å²) in [5.74, 6) is 0.243. The molecule has 0 aromatic heterocycles. The maximum atomic E-state index is 11.8. The van der Waals surface area contributed by atoms with Crippen molar-refractivity contribution in [3.8, 4) is 0 Å². The van der Waals surface area contributed by atoms with Crippen molar-refractivity contribution in [3.05, 3.63) is 41.1 Å². The Kier molecular flexibility index (Phi) is 4.40. The molecule has 20 heavy (non-hydrogen) atoms. The molecule has 0 fully saturated rings. The van der Waals surface area contributed by atoms with Crippen LogP contribution in [0.2, 0.25) is 5.02 Å². The average molecular weight is 312 g/mol. The van der Waals surface area contributed by atoms with Crippen molar-refractivity contribution in [2.24, 2.45) is 0 Å². The largest absolute Gasteiger partial charge is 0.486 e. The fraction of sp³-hybridized carbons (Fsp3) is 0.286. The summed E-state index contributed by atoms with van der Waals surface area (Å²) in [6.45, 7) is 3.63.